The molecule has 35 heavy (non-hydrogen) atoms. The van der Waals surface area contributed by atoms with Crippen LogP contribution in [-0.4, -0.2) is 21.0 Å². The number of carboxylic acid groups (broad SMARTS) is 1. The summed E-state index contributed by atoms with van der Waals surface area (Å²) in [6.45, 7) is 0. The second kappa shape index (κ2) is 9.38. The van der Waals surface area contributed by atoms with Crippen molar-refractivity contribution in [2.75, 3.05) is 4.90 Å². The minimum Gasteiger partial charge on any atom is -0.478 e. The van der Waals surface area contributed by atoms with E-state index < -0.39 is 5.97 Å². The highest BCUT2D eigenvalue weighted by Crippen LogP contribution is 2.34. The fourth-order valence-electron chi connectivity index (χ4n) is 3.91. The summed E-state index contributed by atoms with van der Waals surface area (Å²) in [5.41, 5.74) is 5.60. The zero-order chi connectivity index (χ0) is 24.2. The summed E-state index contributed by atoms with van der Waals surface area (Å²) in [7, 11) is 0. The van der Waals surface area contributed by atoms with Crippen LogP contribution in [0.4, 0.5) is 17.1 Å². The van der Waals surface area contributed by atoms with Gasteiger partial charge < -0.3 is 15.0 Å². The van der Waals surface area contributed by atoms with Crippen LogP contribution in [-0.2, 0) is 0 Å². The van der Waals surface area contributed by atoms with E-state index in [2.05, 4.69) is 45.2 Å². The molecule has 5 rings (SSSR count). The van der Waals surface area contributed by atoms with Gasteiger partial charge in [0.25, 0.3) is 0 Å². The molecule has 0 aliphatic heterocycles. The van der Waals surface area contributed by atoms with Gasteiger partial charge in [0.2, 0.25) is 0 Å². The summed E-state index contributed by atoms with van der Waals surface area (Å²) < 4.78 is 0. The SMILES string of the molecule is N#C/C(=C/c1ccc(N(c2ccccc2)c2ccccc2)cc1)c1nc2ccc(C(=O)O)cc2[nH]1. The summed E-state index contributed by atoms with van der Waals surface area (Å²) >= 11 is 0. The second-order valence-corrected chi connectivity index (χ2v) is 7.89. The molecule has 0 aliphatic rings. The Bertz CT molecular complexity index is 1530. The van der Waals surface area contributed by atoms with E-state index in [1.165, 1.54) is 12.1 Å². The van der Waals surface area contributed by atoms with E-state index in [0.29, 0.717) is 22.4 Å². The highest BCUT2D eigenvalue weighted by molar-refractivity contribution is 5.94. The van der Waals surface area contributed by atoms with E-state index in [1.54, 1.807) is 12.1 Å². The molecule has 0 unspecified atom stereocenters. The van der Waals surface area contributed by atoms with Crippen molar-refractivity contribution >= 4 is 45.7 Å². The van der Waals surface area contributed by atoms with Gasteiger partial charge in [-0.05, 0) is 66.2 Å². The molecule has 2 N–H and O–H groups in total. The van der Waals surface area contributed by atoms with Gasteiger partial charge in [0.15, 0.2) is 0 Å². The number of benzene rings is 4. The quantitative estimate of drug-likeness (QED) is 0.274. The molecule has 0 bridgehead atoms. The average Bonchev–Trinajstić information content (AvgIpc) is 3.33. The number of H-pyrrole nitrogens is 1. The first-order valence-corrected chi connectivity index (χ1v) is 11.0. The van der Waals surface area contributed by atoms with Crippen molar-refractivity contribution in [1.82, 2.24) is 9.97 Å². The number of imidazole rings is 1. The van der Waals surface area contributed by atoms with E-state index in [4.69, 9.17) is 0 Å². The largest absolute Gasteiger partial charge is 0.478 e. The summed E-state index contributed by atoms with van der Waals surface area (Å²) in [6.07, 6.45) is 1.76. The topological polar surface area (TPSA) is 93.0 Å². The number of aromatic nitrogens is 2. The third-order valence-corrected chi connectivity index (χ3v) is 5.60. The minimum atomic E-state index is -1.01. The van der Waals surface area contributed by atoms with Crippen molar-refractivity contribution < 1.29 is 9.90 Å². The van der Waals surface area contributed by atoms with Crippen LogP contribution in [0.3, 0.4) is 0 Å². The zero-order valence-electron chi connectivity index (χ0n) is 18.6. The van der Waals surface area contributed by atoms with Crippen molar-refractivity contribution in [3.8, 4) is 6.07 Å². The van der Waals surface area contributed by atoms with Crippen LogP contribution >= 0.6 is 0 Å². The van der Waals surface area contributed by atoms with Crippen molar-refractivity contribution in [3.05, 3.63) is 120 Å². The molecule has 5 aromatic rings. The Morgan fingerprint density at radius 2 is 1.46 bits per heavy atom. The van der Waals surface area contributed by atoms with Gasteiger partial charge in [0.05, 0.1) is 22.2 Å². The molecule has 6 heteroatoms. The number of allylic oxidation sites excluding steroid dienone is 1. The normalized spacial score (nSPS) is 11.2. The molecule has 0 radical (unpaired) electrons. The van der Waals surface area contributed by atoms with Gasteiger partial charge in [-0.1, -0.05) is 48.5 Å². The predicted molar refractivity (Wildman–Crippen MR) is 138 cm³/mol. The first-order chi connectivity index (χ1) is 17.1. The number of fused-ring (bicyclic) bond motifs is 1. The predicted octanol–water partition coefficient (Wildman–Crippen LogP) is 6.80. The number of carboxylic acids is 1. The fraction of sp³-hybridized carbons (Fsp3) is 0. The first-order valence-electron chi connectivity index (χ1n) is 11.0. The number of nitriles is 1. The third-order valence-electron chi connectivity index (χ3n) is 5.60. The number of rotatable bonds is 6. The van der Waals surface area contributed by atoms with E-state index in [9.17, 15) is 15.2 Å². The van der Waals surface area contributed by atoms with Crippen molar-refractivity contribution in [3.63, 3.8) is 0 Å². The maximum atomic E-state index is 11.2. The number of para-hydroxylation sites is 2. The van der Waals surface area contributed by atoms with Crippen LogP contribution in [0, 0.1) is 11.3 Å². The Kier molecular flexibility index (Phi) is 5.81. The molecule has 4 aromatic carbocycles. The molecule has 1 aromatic heterocycles. The van der Waals surface area contributed by atoms with E-state index in [-0.39, 0.29) is 5.56 Å². The molecule has 0 amide bonds. The Morgan fingerprint density at radius 3 is 2.03 bits per heavy atom. The summed E-state index contributed by atoms with van der Waals surface area (Å²) in [5.74, 6) is -0.622. The minimum absolute atomic E-state index is 0.159. The van der Waals surface area contributed by atoms with Gasteiger partial charge in [-0.15, -0.1) is 0 Å². The van der Waals surface area contributed by atoms with Crippen LogP contribution < -0.4 is 4.90 Å². The monoisotopic (exact) mass is 456 g/mol. The highest BCUT2D eigenvalue weighted by Gasteiger charge is 2.13. The summed E-state index contributed by atoms with van der Waals surface area (Å²) in [4.78, 5) is 20.9. The standard InChI is InChI=1S/C29H20N4O2/c30-19-22(28-31-26-16-13-21(29(34)35)18-27(26)32-28)17-20-11-14-25(15-12-20)33(23-7-3-1-4-8-23)24-9-5-2-6-10-24/h1-18H,(H,31,32)(H,34,35)/b22-17-. The molecule has 6 nitrogen and oxygen atoms in total. The van der Waals surface area contributed by atoms with Gasteiger partial charge in [-0.25, -0.2) is 9.78 Å². The smallest absolute Gasteiger partial charge is 0.335 e. The Hall–Kier alpha value is -5.15. The molecule has 168 valence electrons. The van der Waals surface area contributed by atoms with E-state index >= 15 is 0 Å². The molecule has 0 saturated heterocycles. The van der Waals surface area contributed by atoms with Crippen LogP contribution in [0.1, 0.15) is 21.7 Å². The number of nitrogens with one attached hydrogen (secondary N) is 1. The molecule has 0 aliphatic carbocycles. The van der Waals surface area contributed by atoms with E-state index in [0.717, 1.165) is 22.6 Å². The number of nitrogens with zero attached hydrogens (tertiary/aromatic N) is 3. The third kappa shape index (κ3) is 4.52. The lowest BCUT2D eigenvalue weighted by Crippen LogP contribution is -2.09. The molecular formula is C29H20N4O2. The molecule has 0 spiro atoms. The van der Waals surface area contributed by atoms with Gasteiger partial charge in [-0.3, -0.25) is 0 Å². The van der Waals surface area contributed by atoms with Crippen LogP contribution in [0.25, 0.3) is 22.7 Å². The molecule has 0 atom stereocenters. The second-order valence-electron chi connectivity index (χ2n) is 7.89. The number of anilines is 3. The maximum Gasteiger partial charge on any atom is 0.335 e. The van der Waals surface area contributed by atoms with Crippen molar-refractivity contribution in [1.29, 1.82) is 5.26 Å². The maximum absolute atomic E-state index is 11.2. The number of aromatic carboxylic acids is 1. The fourth-order valence-corrected chi connectivity index (χ4v) is 3.91. The van der Waals surface area contributed by atoms with E-state index in [1.807, 2.05) is 60.7 Å². The molecule has 0 saturated carbocycles. The summed E-state index contributed by atoms with van der Waals surface area (Å²) in [6, 6.07) is 35.0. The van der Waals surface area contributed by atoms with Crippen LogP contribution in [0.2, 0.25) is 0 Å². The highest BCUT2D eigenvalue weighted by atomic mass is 16.4. The number of hydrogen-bond donors (Lipinski definition) is 2. The number of carbonyl (C=O) groups is 1. The van der Waals surface area contributed by atoms with Gasteiger partial charge in [0, 0.05) is 17.1 Å². The van der Waals surface area contributed by atoms with Gasteiger partial charge in [-0.2, -0.15) is 5.26 Å². The molecule has 1 heterocycles. The van der Waals surface area contributed by atoms with Crippen LogP contribution in [0.5, 0.6) is 0 Å². The molecule has 0 fully saturated rings. The zero-order valence-corrected chi connectivity index (χ0v) is 18.6. The van der Waals surface area contributed by atoms with Crippen molar-refractivity contribution in [2.45, 2.75) is 0 Å². The number of hydrogen-bond acceptors (Lipinski definition) is 4. The average molecular weight is 457 g/mol. The van der Waals surface area contributed by atoms with Crippen LogP contribution in [0.15, 0.2) is 103 Å². The lowest BCUT2D eigenvalue weighted by Gasteiger charge is -2.25. The Balaban J connectivity index is 1.48. The Labute approximate surface area is 202 Å². The van der Waals surface area contributed by atoms with Gasteiger partial charge in [0.1, 0.15) is 11.9 Å². The summed E-state index contributed by atoms with van der Waals surface area (Å²) in [5, 5.41) is 19.0. The lowest BCUT2D eigenvalue weighted by molar-refractivity contribution is 0.0697. The van der Waals surface area contributed by atoms with Crippen molar-refractivity contribution in [2.24, 2.45) is 0 Å². The lowest BCUT2D eigenvalue weighted by atomic mass is 10.1. The number of aromatic amines is 1. The molecular weight excluding hydrogens is 436 g/mol. The first kappa shape index (κ1) is 21.7. The Morgan fingerprint density at radius 1 is 0.857 bits per heavy atom. The van der Waals surface area contributed by atoms with Gasteiger partial charge >= 0.3 is 5.97 Å².